The Balaban J connectivity index is 2.05. The first-order valence-corrected chi connectivity index (χ1v) is 11.8. The predicted octanol–water partition coefficient (Wildman–Crippen LogP) is 4.18. The molecule has 166 valence electrons. The lowest BCUT2D eigenvalue weighted by atomic mass is 10.2. The Labute approximate surface area is 189 Å². The molecule has 0 fully saturated rings. The van der Waals surface area contributed by atoms with Gasteiger partial charge >= 0.3 is 5.97 Å². The third kappa shape index (κ3) is 4.36. The molecule has 0 N–H and O–H groups in total. The van der Waals surface area contributed by atoms with Crippen LogP contribution in [-0.4, -0.2) is 26.5 Å². The Kier molecular flexibility index (Phi) is 6.80. The van der Waals surface area contributed by atoms with Gasteiger partial charge in [-0.15, -0.1) is 11.3 Å². The van der Waals surface area contributed by atoms with E-state index in [1.807, 2.05) is 28.1 Å². The van der Waals surface area contributed by atoms with Crippen molar-refractivity contribution in [2.75, 3.05) is 6.61 Å². The lowest BCUT2D eigenvalue weighted by Gasteiger charge is -2.15. The van der Waals surface area contributed by atoms with E-state index in [0.29, 0.717) is 40.8 Å². The molecule has 7 nitrogen and oxygen atoms in total. The van der Waals surface area contributed by atoms with Gasteiger partial charge in [0.15, 0.2) is 0 Å². The number of carbonyl (C=O) groups is 1. The molecule has 0 aliphatic carbocycles. The van der Waals surface area contributed by atoms with Gasteiger partial charge in [0.1, 0.15) is 22.3 Å². The zero-order valence-corrected chi connectivity index (χ0v) is 19.1. The van der Waals surface area contributed by atoms with E-state index in [1.165, 1.54) is 4.40 Å². The summed E-state index contributed by atoms with van der Waals surface area (Å²) in [6, 6.07) is 11.0. The number of rotatable bonds is 8. The number of aromatic nitrogens is 3. The van der Waals surface area contributed by atoms with Gasteiger partial charge in [0.05, 0.1) is 18.5 Å². The number of hydrogen-bond acceptors (Lipinski definition) is 6. The van der Waals surface area contributed by atoms with Crippen LogP contribution in [0.2, 0.25) is 0 Å². The maximum absolute atomic E-state index is 13.3. The first-order valence-electron chi connectivity index (χ1n) is 10.9. The average molecular weight is 451 g/mol. The summed E-state index contributed by atoms with van der Waals surface area (Å²) in [6.45, 7) is 5.19. The fourth-order valence-electron chi connectivity index (χ4n) is 3.69. The normalized spacial score (nSPS) is 12.0. The largest absolute Gasteiger partial charge is 0.462 e. The van der Waals surface area contributed by atoms with Crippen LogP contribution in [-0.2, 0) is 17.8 Å². The van der Waals surface area contributed by atoms with Crippen LogP contribution in [0.1, 0.15) is 48.3 Å². The quantitative estimate of drug-likeness (QED) is 0.229. The molecular formula is C24H26N4O3S. The van der Waals surface area contributed by atoms with Crippen molar-refractivity contribution in [3.8, 4) is 0 Å². The molecule has 0 saturated heterocycles. The molecule has 4 aromatic rings. The number of thiophene rings is 1. The van der Waals surface area contributed by atoms with Crippen LogP contribution in [0.15, 0.2) is 57.8 Å². The molecule has 8 heteroatoms. The van der Waals surface area contributed by atoms with Gasteiger partial charge in [0.2, 0.25) is 0 Å². The van der Waals surface area contributed by atoms with E-state index in [0.717, 1.165) is 24.1 Å². The van der Waals surface area contributed by atoms with Crippen LogP contribution < -0.4 is 11.0 Å². The minimum atomic E-state index is -0.485. The highest BCUT2D eigenvalue weighted by atomic mass is 32.1. The first kappa shape index (κ1) is 22.0. The Morgan fingerprint density at radius 2 is 2.06 bits per heavy atom. The van der Waals surface area contributed by atoms with E-state index in [4.69, 9.17) is 14.7 Å². The Bertz CT molecular complexity index is 1370. The van der Waals surface area contributed by atoms with Crippen LogP contribution in [0.4, 0.5) is 0 Å². The molecular weight excluding hydrogens is 424 g/mol. The second kappa shape index (κ2) is 9.91. The highest BCUT2D eigenvalue weighted by molar-refractivity contribution is 7.09. The van der Waals surface area contributed by atoms with Crippen LogP contribution >= 0.6 is 11.3 Å². The second-order valence-corrected chi connectivity index (χ2v) is 8.47. The van der Waals surface area contributed by atoms with Crippen molar-refractivity contribution in [3.05, 3.63) is 74.3 Å². The minimum absolute atomic E-state index is 0.217. The summed E-state index contributed by atoms with van der Waals surface area (Å²) in [7, 11) is 0. The van der Waals surface area contributed by atoms with Crippen LogP contribution in [0.25, 0.3) is 16.7 Å². The van der Waals surface area contributed by atoms with E-state index >= 15 is 0 Å². The molecule has 0 radical (unpaired) electrons. The summed E-state index contributed by atoms with van der Waals surface area (Å²) in [6.07, 6.45) is 4.65. The number of hydrogen-bond donors (Lipinski definition) is 0. The van der Waals surface area contributed by atoms with E-state index in [-0.39, 0.29) is 12.2 Å². The van der Waals surface area contributed by atoms with Crippen molar-refractivity contribution in [3.63, 3.8) is 0 Å². The number of fused-ring (bicyclic) bond motifs is 2. The summed E-state index contributed by atoms with van der Waals surface area (Å²) in [5.41, 5.74) is 1.68. The third-order valence-electron chi connectivity index (χ3n) is 5.24. The molecule has 0 aliphatic rings. The standard InChI is InChI=1S/C24H26N4O3S/c1-3-5-7-13-28-21(25-16-17-10-9-14-32-17)19(24(30)31-4-2)15-18-22(28)26-20-11-6-8-12-27(20)23(18)29/h6,8-12,14-15H,3-5,7,13,16H2,1-2H3. The number of esters is 1. The fraction of sp³-hybridized carbons (Fsp3) is 0.333. The summed E-state index contributed by atoms with van der Waals surface area (Å²) < 4.78 is 8.74. The van der Waals surface area contributed by atoms with Gasteiger partial charge in [-0.1, -0.05) is 31.9 Å². The lowest BCUT2D eigenvalue weighted by Crippen LogP contribution is -2.32. The first-order chi connectivity index (χ1) is 15.6. The van der Waals surface area contributed by atoms with Gasteiger partial charge in [-0.3, -0.25) is 14.2 Å². The molecule has 0 atom stereocenters. The minimum Gasteiger partial charge on any atom is -0.462 e. The molecule has 0 spiro atoms. The smallest absolute Gasteiger partial charge is 0.341 e. The molecule has 0 saturated carbocycles. The molecule has 0 unspecified atom stereocenters. The number of carbonyl (C=O) groups excluding carboxylic acids is 1. The monoisotopic (exact) mass is 450 g/mol. The van der Waals surface area contributed by atoms with Gasteiger partial charge in [0.25, 0.3) is 5.56 Å². The number of nitrogens with zero attached hydrogens (tertiary/aromatic N) is 4. The molecule has 0 bridgehead atoms. The van der Waals surface area contributed by atoms with Crippen molar-refractivity contribution in [2.24, 2.45) is 4.99 Å². The zero-order valence-electron chi connectivity index (χ0n) is 18.3. The van der Waals surface area contributed by atoms with Crippen molar-refractivity contribution in [1.82, 2.24) is 14.0 Å². The molecule has 32 heavy (non-hydrogen) atoms. The second-order valence-electron chi connectivity index (χ2n) is 7.44. The molecule has 4 rings (SSSR count). The fourth-order valence-corrected chi connectivity index (χ4v) is 4.32. The lowest BCUT2D eigenvalue weighted by molar-refractivity contribution is 0.0523. The van der Waals surface area contributed by atoms with Crippen molar-refractivity contribution < 1.29 is 9.53 Å². The molecule has 0 aromatic carbocycles. The van der Waals surface area contributed by atoms with Crippen LogP contribution in [0.5, 0.6) is 0 Å². The zero-order chi connectivity index (χ0) is 22.5. The highest BCUT2D eigenvalue weighted by Gasteiger charge is 2.19. The Hall–Kier alpha value is -3.26. The topological polar surface area (TPSA) is 78.0 Å². The van der Waals surface area contributed by atoms with Crippen LogP contribution in [0, 0.1) is 0 Å². The Morgan fingerprint density at radius 3 is 2.81 bits per heavy atom. The van der Waals surface area contributed by atoms with Gasteiger partial charge in [0, 0.05) is 17.6 Å². The third-order valence-corrected chi connectivity index (χ3v) is 6.10. The summed E-state index contributed by atoms with van der Waals surface area (Å²) in [4.78, 5) is 36.9. The Morgan fingerprint density at radius 1 is 1.19 bits per heavy atom. The summed E-state index contributed by atoms with van der Waals surface area (Å²) >= 11 is 1.61. The molecule has 0 amide bonds. The van der Waals surface area contributed by atoms with Crippen molar-refractivity contribution >= 4 is 34.0 Å². The van der Waals surface area contributed by atoms with Gasteiger partial charge in [-0.05, 0) is 43.0 Å². The van der Waals surface area contributed by atoms with E-state index in [2.05, 4.69) is 6.92 Å². The van der Waals surface area contributed by atoms with Crippen molar-refractivity contribution in [1.29, 1.82) is 0 Å². The van der Waals surface area contributed by atoms with Gasteiger partial charge in [-0.2, -0.15) is 0 Å². The number of ether oxygens (including phenoxy) is 1. The van der Waals surface area contributed by atoms with Gasteiger partial charge < -0.3 is 9.30 Å². The van der Waals surface area contributed by atoms with E-state index in [9.17, 15) is 9.59 Å². The molecule has 0 aliphatic heterocycles. The molecule has 4 aromatic heterocycles. The maximum atomic E-state index is 13.3. The number of pyridine rings is 2. The summed E-state index contributed by atoms with van der Waals surface area (Å²) in [5, 5.41) is 2.38. The van der Waals surface area contributed by atoms with E-state index < -0.39 is 5.97 Å². The highest BCUT2D eigenvalue weighted by Crippen LogP contribution is 2.14. The number of aryl methyl sites for hydroxylation is 1. The molecule has 4 heterocycles. The summed E-state index contributed by atoms with van der Waals surface area (Å²) in [5.74, 6) is -0.485. The van der Waals surface area contributed by atoms with Gasteiger partial charge in [-0.25, -0.2) is 9.78 Å². The van der Waals surface area contributed by atoms with Crippen molar-refractivity contribution in [2.45, 2.75) is 46.2 Å². The number of unbranched alkanes of at least 4 members (excludes halogenated alkanes) is 2. The van der Waals surface area contributed by atoms with E-state index in [1.54, 1.807) is 42.7 Å². The average Bonchev–Trinajstić information content (AvgIpc) is 3.32. The maximum Gasteiger partial charge on any atom is 0.341 e. The predicted molar refractivity (Wildman–Crippen MR) is 126 cm³/mol. The SMILES string of the molecule is CCCCCn1c(=NCc2cccs2)c(C(=O)OCC)cc2c(=O)n3ccccc3nc21. The van der Waals surface area contributed by atoms with Crippen LogP contribution in [0.3, 0.4) is 0 Å².